The zero-order chi connectivity index (χ0) is 24.8. The molecule has 0 bridgehead atoms. The fraction of sp³-hybridized carbons (Fsp3) is 0.346. The summed E-state index contributed by atoms with van der Waals surface area (Å²) in [7, 11) is 5.39. The summed E-state index contributed by atoms with van der Waals surface area (Å²) >= 11 is 0. The van der Waals surface area contributed by atoms with Gasteiger partial charge in [0, 0.05) is 57.1 Å². The molecule has 1 amide bonds. The van der Waals surface area contributed by atoms with Crippen molar-refractivity contribution < 1.29 is 14.3 Å². The topological polar surface area (TPSA) is 106 Å². The van der Waals surface area contributed by atoms with Crippen molar-refractivity contribution >= 4 is 28.9 Å². The molecule has 0 aliphatic carbocycles. The van der Waals surface area contributed by atoms with E-state index in [2.05, 4.69) is 15.3 Å². The predicted molar refractivity (Wildman–Crippen MR) is 138 cm³/mol. The molecular weight excluding hydrogens is 444 g/mol. The van der Waals surface area contributed by atoms with E-state index >= 15 is 0 Å². The lowest BCUT2D eigenvalue weighted by atomic mass is 10.1. The quantitative estimate of drug-likeness (QED) is 0.476. The van der Waals surface area contributed by atoms with Gasteiger partial charge in [0.05, 0.1) is 31.1 Å². The Labute approximate surface area is 205 Å². The van der Waals surface area contributed by atoms with Crippen molar-refractivity contribution in [3.05, 3.63) is 54.7 Å². The SMILES string of the molecule is CN(C)C(=O)CN(C)c1ccc(Nc2nccc(-c3ccc(OC4CCOCC4)c(N)c3)n2)cc1. The Morgan fingerprint density at radius 1 is 1.11 bits per heavy atom. The highest BCUT2D eigenvalue weighted by Crippen LogP contribution is 2.30. The molecule has 9 nitrogen and oxygen atoms in total. The summed E-state index contributed by atoms with van der Waals surface area (Å²) in [5.41, 5.74) is 10.3. The van der Waals surface area contributed by atoms with Gasteiger partial charge in [-0.1, -0.05) is 0 Å². The van der Waals surface area contributed by atoms with Crippen LogP contribution in [0.1, 0.15) is 12.8 Å². The fourth-order valence-corrected chi connectivity index (χ4v) is 3.73. The van der Waals surface area contributed by atoms with Gasteiger partial charge in [0.1, 0.15) is 11.9 Å². The Morgan fingerprint density at radius 2 is 1.86 bits per heavy atom. The molecule has 0 atom stereocenters. The van der Waals surface area contributed by atoms with Crippen LogP contribution in [0.2, 0.25) is 0 Å². The molecule has 3 aromatic rings. The molecule has 1 aromatic heterocycles. The molecule has 4 rings (SSSR count). The zero-order valence-electron chi connectivity index (χ0n) is 20.4. The summed E-state index contributed by atoms with van der Waals surface area (Å²) in [5.74, 6) is 1.21. The van der Waals surface area contributed by atoms with Crippen LogP contribution in [0.15, 0.2) is 54.7 Å². The van der Waals surface area contributed by atoms with E-state index in [4.69, 9.17) is 15.2 Å². The molecule has 0 radical (unpaired) electrons. The average Bonchev–Trinajstić information content (AvgIpc) is 2.86. The van der Waals surface area contributed by atoms with Gasteiger partial charge in [-0.15, -0.1) is 0 Å². The number of nitrogens with two attached hydrogens (primary N) is 1. The van der Waals surface area contributed by atoms with Crippen molar-refractivity contribution in [3.63, 3.8) is 0 Å². The van der Waals surface area contributed by atoms with Crippen LogP contribution in [0.3, 0.4) is 0 Å². The number of hydrogen-bond acceptors (Lipinski definition) is 8. The Hall–Kier alpha value is -3.85. The van der Waals surface area contributed by atoms with Gasteiger partial charge in [0.15, 0.2) is 0 Å². The highest BCUT2D eigenvalue weighted by atomic mass is 16.5. The first-order chi connectivity index (χ1) is 16.9. The number of hydrogen-bond donors (Lipinski definition) is 2. The zero-order valence-corrected chi connectivity index (χ0v) is 20.4. The van der Waals surface area contributed by atoms with Crippen molar-refractivity contribution in [2.24, 2.45) is 0 Å². The first-order valence-electron chi connectivity index (χ1n) is 11.6. The summed E-state index contributed by atoms with van der Waals surface area (Å²) in [6.07, 6.45) is 3.58. The molecule has 184 valence electrons. The molecule has 1 aliphatic rings. The van der Waals surface area contributed by atoms with Gasteiger partial charge in [0.25, 0.3) is 0 Å². The van der Waals surface area contributed by atoms with Crippen molar-refractivity contribution in [3.8, 4) is 17.0 Å². The molecule has 1 fully saturated rings. The lowest BCUT2D eigenvalue weighted by Crippen LogP contribution is -2.34. The Morgan fingerprint density at radius 3 is 2.54 bits per heavy atom. The van der Waals surface area contributed by atoms with Crippen LogP contribution in [0.5, 0.6) is 5.75 Å². The molecule has 35 heavy (non-hydrogen) atoms. The molecule has 2 aromatic carbocycles. The van der Waals surface area contributed by atoms with Crippen molar-refractivity contribution in [2.45, 2.75) is 18.9 Å². The second-order valence-corrected chi connectivity index (χ2v) is 8.76. The summed E-state index contributed by atoms with van der Waals surface area (Å²) in [5, 5.41) is 3.24. The van der Waals surface area contributed by atoms with Crippen molar-refractivity contribution in [2.75, 3.05) is 56.9 Å². The number of carbonyl (C=O) groups is 1. The lowest BCUT2D eigenvalue weighted by molar-refractivity contribution is -0.127. The number of nitrogen functional groups attached to an aromatic ring is 1. The molecule has 0 spiro atoms. The summed E-state index contributed by atoms with van der Waals surface area (Å²) < 4.78 is 11.5. The number of anilines is 4. The van der Waals surface area contributed by atoms with Crippen LogP contribution < -0.4 is 20.7 Å². The Balaban J connectivity index is 1.42. The maximum absolute atomic E-state index is 11.9. The number of likely N-dealkylation sites (N-methyl/N-ethyl adjacent to an activating group) is 2. The smallest absolute Gasteiger partial charge is 0.241 e. The number of aromatic nitrogens is 2. The third-order valence-corrected chi connectivity index (χ3v) is 5.86. The van der Waals surface area contributed by atoms with Crippen LogP contribution in [0.25, 0.3) is 11.3 Å². The fourth-order valence-electron chi connectivity index (χ4n) is 3.73. The monoisotopic (exact) mass is 476 g/mol. The normalized spacial score (nSPS) is 13.8. The number of carbonyl (C=O) groups excluding carboxylic acids is 1. The maximum Gasteiger partial charge on any atom is 0.241 e. The van der Waals surface area contributed by atoms with E-state index in [1.807, 2.05) is 60.5 Å². The van der Waals surface area contributed by atoms with Crippen molar-refractivity contribution in [1.82, 2.24) is 14.9 Å². The molecule has 0 unspecified atom stereocenters. The van der Waals surface area contributed by atoms with Gasteiger partial charge in [0.2, 0.25) is 11.9 Å². The van der Waals surface area contributed by atoms with Gasteiger partial charge in [-0.25, -0.2) is 9.97 Å². The summed E-state index contributed by atoms with van der Waals surface area (Å²) in [6.45, 7) is 1.75. The number of nitrogens with zero attached hydrogens (tertiary/aromatic N) is 4. The van der Waals surface area contributed by atoms with E-state index in [9.17, 15) is 4.79 Å². The largest absolute Gasteiger partial charge is 0.488 e. The third-order valence-electron chi connectivity index (χ3n) is 5.86. The van der Waals surface area contributed by atoms with Gasteiger partial charge < -0.3 is 30.3 Å². The van der Waals surface area contributed by atoms with E-state index in [1.54, 1.807) is 25.2 Å². The standard InChI is InChI=1S/C26H32N6O3/c1-31(2)25(33)17-32(3)20-7-5-19(6-8-20)29-26-28-13-10-23(30-26)18-4-9-24(22(27)16-18)35-21-11-14-34-15-12-21/h4-10,13,16,21H,11-12,14-15,17,27H2,1-3H3,(H,28,29,30). The van der Waals surface area contributed by atoms with Crippen LogP contribution >= 0.6 is 0 Å². The molecule has 2 heterocycles. The van der Waals surface area contributed by atoms with Crippen LogP contribution in [0, 0.1) is 0 Å². The van der Waals surface area contributed by atoms with E-state index < -0.39 is 0 Å². The number of nitrogens with one attached hydrogen (secondary N) is 1. The van der Waals surface area contributed by atoms with E-state index in [-0.39, 0.29) is 12.0 Å². The number of benzene rings is 2. The molecule has 3 N–H and O–H groups in total. The highest BCUT2D eigenvalue weighted by molar-refractivity contribution is 5.81. The second kappa shape index (κ2) is 11.1. The minimum absolute atomic E-state index is 0.0451. The highest BCUT2D eigenvalue weighted by Gasteiger charge is 2.17. The summed E-state index contributed by atoms with van der Waals surface area (Å²) in [4.78, 5) is 24.4. The van der Waals surface area contributed by atoms with Crippen LogP contribution in [-0.4, -0.2) is 67.8 Å². The van der Waals surface area contributed by atoms with Crippen LogP contribution in [0.4, 0.5) is 23.0 Å². The lowest BCUT2D eigenvalue weighted by Gasteiger charge is -2.24. The minimum Gasteiger partial charge on any atom is -0.488 e. The third kappa shape index (κ3) is 6.39. The van der Waals surface area contributed by atoms with E-state index in [0.29, 0.717) is 23.9 Å². The Kier molecular flexibility index (Phi) is 7.67. The van der Waals surface area contributed by atoms with Gasteiger partial charge in [-0.2, -0.15) is 0 Å². The number of amides is 1. The van der Waals surface area contributed by atoms with Gasteiger partial charge >= 0.3 is 0 Å². The maximum atomic E-state index is 11.9. The van der Waals surface area contributed by atoms with Crippen LogP contribution in [-0.2, 0) is 9.53 Å². The number of rotatable bonds is 8. The first-order valence-corrected chi connectivity index (χ1v) is 11.6. The molecule has 9 heteroatoms. The predicted octanol–water partition coefficient (Wildman–Crippen LogP) is 3.55. The molecule has 1 saturated heterocycles. The number of ether oxygens (including phenoxy) is 2. The van der Waals surface area contributed by atoms with E-state index in [0.717, 1.165) is 48.7 Å². The minimum atomic E-state index is 0.0451. The molecule has 0 saturated carbocycles. The van der Waals surface area contributed by atoms with Gasteiger partial charge in [-0.05, 0) is 48.5 Å². The molecular formula is C26H32N6O3. The van der Waals surface area contributed by atoms with E-state index in [1.165, 1.54) is 0 Å². The van der Waals surface area contributed by atoms with Crippen molar-refractivity contribution in [1.29, 1.82) is 0 Å². The summed E-state index contributed by atoms with van der Waals surface area (Å²) in [6, 6.07) is 15.3. The van der Waals surface area contributed by atoms with Gasteiger partial charge in [-0.3, -0.25) is 4.79 Å². The first kappa shape index (κ1) is 24.3. The second-order valence-electron chi connectivity index (χ2n) is 8.76. The Bertz CT molecular complexity index is 1150. The average molecular weight is 477 g/mol. The molecule has 1 aliphatic heterocycles.